The van der Waals surface area contributed by atoms with Crippen molar-refractivity contribution in [2.45, 2.75) is 118 Å². The number of benzene rings is 2. The van der Waals surface area contributed by atoms with Crippen LogP contribution in [0.1, 0.15) is 109 Å². The minimum atomic E-state index is 0.163. The zero-order chi connectivity index (χ0) is 26.7. The lowest BCUT2D eigenvalue weighted by Crippen LogP contribution is -2.24. The summed E-state index contributed by atoms with van der Waals surface area (Å²) in [5.74, 6) is 2.14. The maximum atomic E-state index is 6.28. The van der Waals surface area contributed by atoms with Crippen molar-refractivity contribution in [2.24, 2.45) is 17.8 Å². The van der Waals surface area contributed by atoms with Gasteiger partial charge in [-0.2, -0.15) is 0 Å². The van der Waals surface area contributed by atoms with Crippen molar-refractivity contribution in [2.75, 3.05) is 13.2 Å². The van der Waals surface area contributed by atoms with E-state index >= 15 is 0 Å². The molecule has 0 saturated carbocycles. The van der Waals surface area contributed by atoms with Gasteiger partial charge < -0.3 is 9.47 Å². The van der Waals surface area contributed by atoms with Crippen molar-refractivity contribution in [1.29, 1.82) is 0 Å². The second-order valence-electron chi connectivity index (χ2n) is 11.9. The first-order valence-electron chi connectivity index (χ1n) is 15.2. The third kappa shape index (κ3) is 15.4. The molecular weight excluding hydrogens is 452 g/mol. The molecule has 2 heteroatoms. The van der Waals surface area contributed by atoms with Crippen LogP contribution in [-0.4, -0.2) is 19.3 Å². The first-order valence-corrected chi connectivity index (χ1v) is 15.2. The molecule has 2 atom stereocenters. The Bertz CT molecular complexity index is 798. The molecule has 0 spiro atoms. The first kappa shape index (κ1) is 31.6. The standard InChI is InChI=1S/C35H56O2/c1-29(2)17-10-6-7-11-18-32-22-16-23-33(26-32)19-14-9-15-24-36-28-35(25-31(5)30(3)4)37-27-34-20-12-8-13-21-34/h8,12-13,16,20-23,26,29-31,35H,6-7,9-11,14-15,17-19,24-25,27-28H2,1-5H3. The predicted molar refractivity (Wildman–Crippen MR) is 160 cm³/mol. The second kappa shape index (κ2) is 19.4. The average molecular weight is 509 g/mol. The third-order valence-electron chi connectivity index (χ3n) is 7.65. The summed E-state index contributed by atoms with van der Waals surface area (Å²) in [4.78, 5) is 0. The van der Waals surface area contributed by atoms with Gasteiger partial charge in [-0.25, -0.2) is 0 Å². The van der Waals surface area contributed by atoms with Gasteiger partial charge >= 0.3 is 0 Å². The Kier molecular flexibility index (Phi) is 16.6. The number of rotatable bonds is 21. The van der Waals surface area contributed by atoms with Crippen LogP contribution in [0.5, 0.6) is 0 Å². The Morgan fingerprint density at radius 2 is 1.27 bits per heavy atom. The SMILES string of the molecule is CC(C)CCCCCCc1cccc(CCCCCOCC(CC(C)C(C)C)OCc2ccccc2)c1. The molecule has 0 amide bonds. The van der Waals surface area contributed by atoms with E-state index in [2.05, 4.69) is 89.2 Å². The van der Waals surface area contributed by atoms with Crippen molar-refractivity contribution in [3.05, 3.63) is 71.3 Å². The smallest absolute Gasteiger partial charge is 0.0815 e. The highest BCUT2D eigenvalue weighted by atomic mass is 16.5. The molecule has 0 aliphatic heterocycles. The van der Waals surface area contributed by atoms with E-state index in [0.29, 0.717) is 25.0 Å². The lowest BCUT2D eigenvalue weighted by atomic mass is 9.92. The minimum absolute atomic E-state index is 0.163. The summed E-state index contributed by atoms with van der Waals surface area (Å²) >= 11 is 0. The summed E-state index contributed by atoms with van der Waals surface area (Å²) in [6.45, 7) is 13.8. The van der Waals surface area contributed by atoms with E-state index in [1.807, 2.05) is 0 Å². The molecule has 2 aromatic carbocycles. The Labute approximate surface area is 229 Å². The van der Waals surface area contributed by atoms with Gasteiger partial charge in [0.1, 0.15) is 0 Å². The third-order valence-corrected chi connectivity index (χ3v) is 7.65. The van der Waals surface area contributed by atoms with Gasteiger partial charge in [0.05, 0.1) is 19.3 Å². The van der Waals surface area contributed by atoms with Crippen LogP contribution in [0.4, 0.5) is 0 Å². The van der Waals surface area contributed by atoms with Crippen LogP contribution in [0.25, 0.3) is 0 Å². The first-order chi connectivity index (χ1) is 17.9. The van der Waals surface area contributed by atoms with Crippen LogP contribution in [0.15, 0.2) is 54.6 Å². The van der Waals surface area contributed by atoms with E-state index in [1.165, 1.54) is 74.5 Å². The molecule has 0 N–H and O–H groups in total. The molecule has 2 unspecified atom stereocenters. The molecule has 0 saturated heterocycles. The van der Waals surface area contributed by atoms with Gasteiger partial charge in [0.25, 0.3) is 0 Å². The molecule has 2 nitrogen and oxygen atoms in total. The summed E-state index contributed by atoms with van der Waals surface area (Å²) in [6, 6.07) is 19.8. The van der Waals surface area contributed by atoms with E-state index in [-0.39, 0.29) is 6.10 Å². The van der Waals surface area contributed by atoms with Crippen LogP contribution in [0.3, 0.4) is 0 Å². The molecule has 0 aromatic heterocycles. The molecule has 0 fully saturated rings. The topological polar surface area (TPSA) is 18.5 Å². The van der Waals surface area contributed by atoms with E-state index in [9.17, 15) is 0 Å². The van der Waals surface area contributed by atoms with Crippen molar-refractivity contribution in [3.63, 3.8) is 0 Å². The van der Waals surface area contributed by atoms with Crippen molar-refractivity contribution in [3.8, 4) is 0 Å². The van der Waals surface area contributed by atoms with Gasteiger partial charge in [0, 0.05) is 6.61 Å². The molecule has 0 bridgehead atoms. The average Bonchev–Trinajstić information content (AvgIpc) is 2.89. The van der Waals surface area contributed by atoms with Crippen molar-refractivity contribution in [1.82, 2.24) is 0 Å². The molecular formula is C35H56O2. The lowest BCUT2D eigenvalue weighted by molar-refractivity contribution is -0.0381. The number of hydrogen-bond donors (Lipinski definition) is 0. The summed E-state index contributed by atoms with van der Waals surface area (Å²) in [5.41, 5.74) is 4.24. The second-order valence-corrected chi connectivity index (χ2v) is 11.9. The highest BCUT2D eigenvalue weighted by Crippen LogP contribution is 2.20. The molecule has 0 radical (unpaired) electrons. The van der Waals surface area contributed by atoms with Crippen LogP contribution in [0.2, 0.25) is 0 Å². The van der Waals surface area contributed by atoms with Gasteiger partial charge in [-0.05, 0) is 73.0 Å². The molecule has 0 heterocycles. The Morgan fingerprint density at radius 3 is 1.92 bits per heavy atom. The molecule has 2 rings (SSSR count). The molecule has 0 aliphatic carbocycles. The normalized spacial score (nSPS) is 13.4. The highest BCUT2D eigenvalue weighted by molar-refractivity contribution is 5.23. The fourth-order valence-corrected chi connectivity index (χ4v) is 4.76. The fraction of sp³-hybridized carbons (Fsp3) is 0.657. The Balaban J connectivity index is 1.60. The van der Waals surface area contributed by atoms with Gasteiger partial charge in [-0.3, -0.25) is 0 Å². The predicted octanol–water partition coefficient (Wildman–Crippen LogP) is 9.83. The van der Waals surface area contributed by atoms with Gasteiger partial charge in [-0.1, -0.05) is 121 Å². The minimum Gasteiger partial charge on any atom is -0.379 e. The van der Waals surface area contributed by atoms with E-state index < -0.39 is 0 Å². The Hall–Kier alpha value is -1.64. The number of aryl methyl sites for hydroxylation is 2. The highest BCUT2D eigenvalue weighted by Gasteiger charge is 2.17. The summed E-state index contributed by atoms with van der Waals surface area (Å²) in [5, 5.41) is 0. The van der Waals surface area contributed by atoms with Gasteiger partial charge in [0.2, 0.25) is 0 Å². The zero-order valence-corrected chi connectivity index (χ0v) is 24.7. The van der Waals surface area contributed by atoms with Crippen LogP contribution < -0.4 is 0 Å². The number of hydrogen-bond acceptors (Lipinski definition) is 2. The van der Waals surface area contributed by atoms with Crippen molar-refractivity contribution < 1.29 is 9.47 Å². The van der Waals surface area contributed by atoms with Gasteiger partial charge in [-0.15, -0.1) is 0 Å². The summed E-state index contributed by atoms with van der Waals surface area (Å²) in [7, 11) is 0. The number of unbranched alkanes of at least 4 members (excludes halogenated alkanes) is 5. The summed E-state index contributed by atoms with van der Waals surface area (Å²) in [6.07, 6.45) is 14.0. The molecule has 2 aromatic rings. The molecule has 0 aliphatic rings. The summed E-state index contributed by atoms with van der Waals surface area (Å²) < 4.78 is 12.4. The van der Waals surface area contributed by atoms with E-state index in [1.54, 1.807) is 0 Å². The number of ether oxygens (including phenoxy) is 2. The Morgan fingerprint density at radius 1 is 0.649 bits per heavy atom. The zero-order valence-electron chi connectivity index (χ0n) is 24.7. The van der Waals surface area contributed by atoms with E-state index in [4.69, 9.17) is 9.47 Å². The van der Waals surface area contributed by atoms with Crippen LogP contribution in [0, 0.1) is 17.8 Å². The maximum Gasteiger partial charge on any atom is 0.0815 e. The van der Waals surface area contributed by atoms with Gasteiger partial charge in [0.15, 0.2) is 0 Å². The quantitative estimate of drug-likeness (QED) is 0.156. The van der Waals surface area contributed by atoms with Crippen LogP contribution >= 0.6 is 0 Å². The van der Waals surface area contributed by atoms with Crippen molar-refractivity contribution >= 4 is 0 Å². The monoisotopic (exact) mass is 508 g/mol. The largest absolute Gasteiger partial charge is 0.379 e. The maximum absolute atomic E-state index is 6.28. The lowest BCUT2D eigenvalue weighted by Gasteiger charge is -2.24. The van der Waals surface area contributed by atoms with Crippen LogP contribution in [-0.2, 0) is 28.9 Å². The molecule has 208 valence electrons. The molecule has 37 heavy (non-hydrogen) atoms. The fourth-order valence-electron chi connectivity index (χ4n) is 4.76. The van der Waals surface area contributed by atoms with E-state index in [0.717, 1.165) is 25.4 Å².